The number of nitrogens with zero attached hydrogens (tertiary/aromatic N) is 2. The molecule has 0 amide bonds. The zero-order valence-electron chi connectivity index (χ0n) is 12.8. The maximum absolute atomic E-state index is 6.15. The molecule has 1 aliphatic carbocycles. The lowest BCUT2D eigenvalue weighted by molar-refractivity contribution is 0.0273. The van der Waals surface area contributed by atoms with E-state index in [2.05, 4.69) is 24.0 Å². The molecule has 1 aliphatic rings. The maximum atomic E-state index is 6.15. The largest absolute Gasteiger partial charge is 0.373 e. The minimum atomic E-state index is -0.190. The van der Waals surface area contributed by atoms with Crippen molar-refractivity contribution < 1.29 is 9.26 Å². The zero-order valence-corrected chi connectivity index (χ0v) is 12.8. The predicted octanol–water partition coefficient (Wildman–Crippen LogP) is 3.38. The van der Waals surface area contributed by atoms with Crippen molar-refractivity contribution in [1.82, 2.24) is 10.1 Å². The van der Waals surface area contributed by atoms with E-state index in [1.165, 1.54) is 32.1 Å². The maximum Gasteiger partial charge on any atom is 0.243 e. The van der Waals surface area contributed by atoms with Gasteiger partial charge in [0.25, 0.3) is 0 Å². The second kappa shape index (κ2) is 7.18. The molecular formula is C15H27N3O2. The number of rotatable bonds is 6. The standard InChI is InChI=1S/C15H27N3O2/c1-4-10(2)12(16)15-17-14(18-20-15)13(19-3)11-8-6-5-7-9-11/h10-13H,4-9,16H2,1-3H3/t10-,12-,13?/m0/s1. The Kier molecular flexibility index (Phi) is 5.54. The molecule has 1 fully saturated rings. The fraction of sp³-hybridized carbons (Fsp3) is 0.867. The zero-order chi connectivity index (χ0) is 14.5. The Labute approximate surface area is 121 Å². The van der Waals surface area contributed by atoms with Crippen LogP contribution in [-0.4, -0.2) is 17.3 Å². The van der Waals surface area contributed by atoms with Gasteiger partial charge in [0.1, 0.15) is 6.10 Å². The molecule has 3 atom stereocenters. The molecule has 114 valence electrons. The first-order valence-electron chi connectivity index (χ1n) is 7.79. The fourth-order valence-corrected chi connectivity index (χ4v) is 2.94. The highest BCUT2D eigenvalue weighted by molar-refractivity contribution is 4.98. The Morgan fingerprint density at radius 2 is 2.05 bits per heavy atom. The minimum Gasteiger partial charge on any atom is -0.373 e. The van der Waals surface area contributed by atoms with Crippen LogP contribution in [0.2, 0.25) is 0 Å². The summed E-state index contributed by atoms with van der Waals surface area (Å²) in [6.45, 7) is 4.21. The summed E-state index contributed by atoms with van der Waals surface area (Å²) in [5.41, 5.74) is 6.15. The summed E-state index contributed by atoms with van der Waals surface area (Å²) in [5.74, 6) is 2.03. The van der Waals surface area contributed by atoms with E-state index in [0.717, 1.165) is 6.42 Å². The van der Waals surface area contributed by atoms with Crippen LogP contribution >= 0.6 is 0 Å². The predicted molar refractivity (Wildman–Crippen MR) is 77.0 cm³/mol. The highest BCUT2D eigenvalue weighted by Crippen LogP contribution is 2.35. The molecule has 2 rings (SSSR count). The molecule has 0 bridgehead atoms. The van der Waals surface area contributed by atoms with E-state index in [-0.39, 0.29) is 12.1 Å². The van der Waals surface area contributed by atoms with Crippen LogP contribution in [0, 0.1) is 11.8 Å². The highest BCUT2D eigenvalue weighted by Gasteiger charge is 2.30. The molecule has 0 spiro atoms. The second-order valence-electron chi connectivity index (χ2n) is 5.96. The summed E-state index contributed by atoms with van der Waals surface area (Å²) in [5, 5.41) is 4.11. The van der Waals surface area contributed by atoms with Crippen LogP contribution in [0.15, 0.2) is 4.52 Å². The average Bonchev–Trinajstić information content (AvgIpc) is 2.97. The van der Waals surface area contributed by atoms with Crippen LogP contribution in [-0.2, 0) is 4.74 Å². The van der Waals surface area contributed by atoms with Gasteiger partial charge in [0, 0.05) is 7.11 Å². The van der Waals surface area contributed by atoms with Crippen molar-refractivity contribution in [3.05, 3.63) is 11.7 Å². The lowest BCUT2D eigenvalue weighted by atomic mass is 9.85. The third kappa shape index (κ3) is 3.38. The van der Waals surface area contributed by atoms with Crippen LogP contribution in [0.25, 0.3) is 0 Å². The van der Waals surface area contributed by atoms with Crippen LogP contribution in [0.5, 0.6) is 0 Å². The molecule has 5 nitrogen and oxygen atoms in total. The highest BCUT2D eigenvalue weighted by atomic mass is 16.5. The van der Waals surface area contributed by atoms with Gasteiger partial charge < -0.3 is 15.0 Å². The van der Waals surface area contributed by atoms with Crippen molar-refractivity contribution >= 4 is 0 Å². The molecule has 0 aliphatic heterocycles. The van der Waals surface area contributed by atoms with Gasteiger partial charge in [0.2, 0.25) is 11.7 Å². The van der Waals surface area contributed by atoms with Crippen molar-refractivity contribution in [3.8, 4) is 0 Å². The second-order valence-corrected chi connectivity index (χ2v) is 5.96. The molecule has 1 heterocycles. The molecule has 5 heteroatoms. The molecule has 0 aromatic carbocycles. The number of hydrogen-bond donors (Lipinski definition) is 1. The smallest absolute Gasteiger partial charge is 0.243 e. The summed E-state index contributed by atoms with van der Waals surface area (Å²) in [6, 6.07) is -0.190. The van der Waals surface area contributed by atoms with Crippen molar-refractivity contribution in [1.29, 1.82) is 0 Å². The van der Waals surface area contributed by atoms with Gasteiger partial charge in [-0.05, 0) is 24.7 Å². The normalized spacial score (nSPS) is 21.6. The van der Waals surface area contributed by atoms with Crippen LogP contribution < -0.4 is 5.73 Å². The molecule has 1 aromatic rings. The Hall–Kier alpha value is -0.940. The van der Waals surface area contributed by atoms with Gasteiger partial charge in [-0.15, -0.1) is 0 Å². The monoisotopic (exact) mass is 281 g/mol. The lowest BCUT2D eigenvalue weighted by Gasteiger charge is -2.26. The molecule has 2 N–H and O–H groups in total. The topological polar surface area (TPSA) is 74.2 Å². The quantitative estimate of drug-likeness (QED) is 0.865. The van der Waals surface area contributed by atoms with E-state index in [0.29, 0.717) is 23.6 Å². The number of methoxy groups -OCH3 is 1. The van der Waals surface area contributed by atoms with Gasteiger partial charge in [-0.2, -0.15) is 4.98 Å². The number of ether oxygens (including phenoxy) is 1. The Bertz CT molecular complexity index is 402. The SMILES string of the molecule is CC[C@H](C)[C@H](N)c1nc(C(OC)C2CCCCC2)no1. The van der Waals surface area contributed by atoms with Crippen LogP contribution in [0.3, 0.4) is 0 Å². The first-order valence-corrected chi connectivity index (χ1v) is 7.79. The number of nitrogens with two attached hydrogens (primary N) is 1. The van der Waals surface area contributed by atoms with Crippen molar-refractivity contribution in [3.63, 3.8) is 0 Å². The Morgan fingerprint density at radius 3 is 2.65 bits per heavy atom. The number of hydrogen-bond acceptors (Lipinski definition) is 5. The first-order chi connectivity index (χ1) is 9.67. The van der Waals surface area contributed by atoms with E-state index in [1.54, 1.807) is 7.11 Å². The Morgan fingerprint density at radius 1 is 1.35 bits per heavy atom. The Balaban J connectivity index is 2.09. The minimum absolute atomic E-state index is 0.0584. The molecule has 0 saturated heterocycles. The van der Waals surface area contributed by atoms with Crippen LogP contribution in [0.1, 0.15) is 76.2 Å². The van der Waals surface area contributed by atoms with Gasteiger partial charge in [0.15, 0.2) is 0 Å². The summed E-state index contributed by atoms with van der Waals surface area (Å²) in [7, 11) is 1.73. The van der Waals surface area contributed by atoms with Crippen molar-refractivity contribution in [2.24, 2.45) is 17.6 Å². The third-order valence-electron chi connectivity index (χ3n) is 4.59. The fourth-order valence-electron chi connectivity index (χ4n) is 2.94. The molecular weight excluding hydrogens is 254 g/mol. The molecule has 1 saturated carbocycles. The molecule has 0 radical (unpaired) electrons. The summed E-state index contributed by atoms with van der Waals surface area (Å²) in [4.78, 5) is 4.50. The summed E-state index contributed by atoms with van der Waals surface area (Å²) in [6.07, 6.45) is 7.15. The van der Waals surface area contributed by atoms with E-state index in [1.807, 2.05) is 0 Å². The van der Waals surface area contributed by atoms with E-state index < -0.39 is 0 Å². The third-order valence-corrected chi connectivity index (χ3v) is 4.59. The van der Waals surface area contributed by atoms with Gasteiger partial charge in [-0.25, -0.2) is 0 Å². The van der Waals surface area contributed by atoms with E-state index in [9.17, 15) is 0 Å². The number of aromatic nitrogens is 2. The van der Waals surface area contributed by atoms with Gasteiger partial charge in [-0.3, -0.25) is 0 Å². The summed E-state index contributed by atoms with van der Waals surface area (Å²) < 4.78 is 11.0. The van der Waals surface area contributed by atoms with E-state index >= 15 is 0 Å². The molecule has 1 unspecified atom stereocenters. The molecule has 1 aromatic heterocycles. The molecule has 20 heavy (non-hydrogen) atoms. The first kappa shape index (κ1) is 15.4. The van der Waals surface area contributed by atoms with E-state index in [4.69, 9.17) is 15.0 Å². The van der Waals surface area contributed by atoms with Gasteiger partial charge in [-0.1, -0.05) is 44.7 Å². The van der Waals surface area contributed by atoms with Gasteiger partial charge in [0.05, 0.1) is 6.04 Å². The van der Waals surface area contributed by atoms with Gasteiger partial charge >= 0.3 is 0 Å². The van der Waals surface area contributed by atoms with Crippen molar-refractivity contribution in [2.75, 3.05) is 7.11 Å². The van der Waals surface area contributed by atoms with Crippen molar-refractivity contribution in [2.45, 2.75) is 64.5 Å². The van der Waals surface area contributed by atoms with Crippen LogP contribution in [0.4, 0.5) is 0 Å². The summed E-state index contributed by atoms with van der Waals surface area (Å²) >= 11 is 0. The lowest BCUT2D eigenvalue weighted by Crippen LogP contribution is -2.21. The average molecular weight is 281 g/mol.